The number of thioether (sulfide) groups is 1. The molecule has 1 nitrogen and oxygen atoms in total. The molecule has 1 aliphatic carbocycles. The average Bonchev–Trinajstić information content (AvgIpc) is 2.42. The number of fused-ring (bicyclic) bond motifs is 1. The van der Waals surface area contributed by atoms with Crippen molar-refractivity contribution in [3.05, 3.63) is 52.8 Å². The Labute approximate surface area is 122 Å². The highest BCUT2D eigenvalue weighted by atomic mass is 32.2. The van der Waals surface area contributed by atoms with Crippen LogP contribution >= 0.6 is 11.8 Å². The molecule has 20 heavy (non-hydrogen) atoms. The van der Waals surface area contributed by atoms with Gasteiger partial charge in [-0.05, 0) is 59.0 Å². The predicted molar refractivity (Wildman–Crippen MR) is 80.4 cm³/mol. The highest BCUT2D eigenvalue weighted by Crippen LogP contribution is 2.40. The number of halogens is 1. The zero-order chi connectivity index (χ0) is 14.1. The normalized spacial score (nSPS) is 12.4. The summed E-state index contributed by atoms with van der Waals surface area (Å²) in [6.07, 6.45) is 1.98. The first-order valence-corrected chi connectivity index (χ1v) is 7.70. The molecule has 2 aromatic rings. The summed E-state index contributed by atoms with van der Waals surface area (Å²) in [5.41, 5.74) is 5.47. The van der Waals surface area contributed by atoms with E-state index >= 15 is 0 Å². The Morgan fingerprint density at radius 2 is 1.90 bits per heavy atom. The topological polar surface area (TPSA) is 23.8 Å². The first-order chi connectivity index (χ1) is 9.74. The molecule has 0 fully saturated rings. The van der Waals surface area contributed by atoms with Gasteiger partial charge in [0.15, 0.2) is 0 Å². The minimum absolute atomic E-state index is 0.218. The molecule has 0 spiro atoms. The van der Waals surface area contributed by atoms with Crippen molar-refractivity contribution >= 4 is 11.8 Å². The lowest BCUT2D eigenvalue weighted by molar-refractivity contribution is 0.628. The second-order valence-electron chi connectivity index (χ2n) is 4.81. The molecule has 1 aliphatic rings. The van der Waals surface area contributed by atoms with Gasteiger partial charge in [-0.25, -0.2) is 4.39 Å². The number of benzene rings is 2. The largest absolute Gasteiger partial charge is 0.207 e. The Hall–Kier alpha value is -1.79. The summed E-state index contributed by atoms with van der Waals surface area (Å²) < 4.78 is 13.1. The fourth-order valence-electron chi connectivity index (χ4n) is 2.67. The standard InChI is InChI=1S/C17H14FNS/c1-2-20-17-9-15(11-3-5-12(18)6-4-11)13-7-8-14(13)16(17)10-19/h3-6,9H,2,7-8H2,1H3. The van der Waals surface area contributed by atoms with Crippen LogP contribution in [0.3, 0.4) is 0 Å². The van der Waals surface area contributed by atoms with Crippen LogP contribution in [-0.2, 0) is 12.8 Å². The lowest BCUT2D eigenvalue weighted by atomic mass is 9.80. The van der Waals surface area contributed by atoms with Crippen LogP contribution in [0.4, 0.5) is 4.39 Å². The van der Waals surface area contributed by atoms with Gasteiger partial charge in [-0.1, -0.05) is 19.1 Å². The van der Waals surface area contributed by atoms with Crippen LogP contribution in [0.2, 0.25) is 0 Å². The van der Waals surface area contributed by atoms with Gasteiger partial charge in [0.2, 0.25) is 0 Å². The van der Waals surface area contributed by atoms with E-state index in [9.17, 15) is 9.65 Å². The summed E-state index contributed by atoms with van der Waals surface area (Å²) in [4.78, 5) is 1.05. The lowest BCUT2D eigenvalue weighted by Crippen LogP contribution is -2.13. The maximum atomic E-state index is 13.1. The molecule has 0 bridgehead atoms. The number of hydrogen-bond acceptors (Lipinski definition) is 2. The van der Waals surface area contributed by atoms with Gasteiger partial charge in [-0.3, -0.25) is 0 Å². The summed E-state index contributed by atoms with van der Waals surface area (Å²) in [7, 11) is 0. The lowest BCUT2D eigenvalue weighted by Gasteiger charge is -2.26. The molecule has 100 valence electrons. The van der Waals surface area contributed by atoms with Crippen LogP contribution in [0.25, 0.3) is 11.1 Å². The van der Waals surface area contributed by atoms with Crippen molar-refractivity contribution in [3.63, 3.8) is 0 Å². The monoisotopic (exact) mass is 283 g/mol. The third-order valence-electron chi connectivity index (χ3n) is 3.70. The van der Waals surface area contributed by atoms with Crippen LogP contribution < -0.4 is 0 Å². The van der Waals surface area contributed by atoms with Crippen molar-refractivity contribution in [2.75, 3.05) is 5.75 Å². The molecular formula is C17H14FNS. The third-order valence-corrected chi connectivity index (χ3v) is 4.63. The van der Waals surface area contributed by atoms with Crippen LogP contribution in [0.15, 0.2) is 35.2 Å². The summed E-state index contributed by atoms with van der Waals surface area (Å²) in [6, 6.07) is 11.1. The van der Waals surface area contributed by atoms with Crippen LogP contribution in [0.1, 0.15) is 23.6 Å². The van der Waals surface area contributed by atoms with E-state index in [1.807, 2.05) is 12.1 Å². The van der Waals surface area contributed by atoms with Crippen molar-refractivity contribution in [1.82, 2.24) is 0 Å². The molecule has 0 atom stereocenters. The van der Waals surface area contributed by atoms with E-state index < -0.39 is 0 Å². The van der Waals surface area contributed by atoms with Gasteiger partial charge in [-0.15, -0.1) is 11.8 Å². The van der Waals surface area contributed by atoms with E-state index in [0.717, 1.165) is 40.2 Å². The average molecular weight is 283 g/mol. The second kappa shape index (κ2) is 5.30. The van der Waals surface area contributed by atoms with Gasteiger partial charge >= 0.3 is 0 Å². The highest BCUT2D eigenvalue weighted by Gasteiger charge is 2.24. The third kappa shape index (κ3) is 2.10. The van der Waals surface area contributed by atoms with Crippen LogP contribution in [-0.4, -0.2) is 5.75 Å². The number of nitriles is 1. The molecule has 0 aliphatic heterocycles. The smallest absolute Gasteiger partial charge is 0.123 e. The van der Waals surface area contributed by atoms with E-state index in [-0.39, 0.29) is 5.82 Å². The molecular weight excluding hydrogens is 269 g/mol. The van der Waals surface area contributed by atoms with E-state index in [1.54, 1.807) is 11.8 Å². The van der Waals surface area contributed by atoms with Gasteiger partial charge in [0.25, 0.3) is 0 Å². The Morgan fingerprint density at radius 1 is 1.20 bits per heavy atom. The minimum Gasteiger partial charge on any atom is -0.207 e. The molecule has 3 rings (SSSR count). The maximum Gasteiger partial charge on any atom is 0.123 e. The molecule has 0 unspecified atom stereocenters. The first-order valence-electron chi connectivity index (χ1n) is 6.72. The van der Waals surface area contributed by atoms with Crippen molar-refractivity contribution < 1.29 is 4.39 Å². The molecule has 0 aromatic heterocycles. The highest BCUT2D eigenvalue weighted by molar-refractivity contribution is 7.99. The number of hydrogen-bond donors (Lipinski definition) is 0. The second-order valence-corrected chi connectivity index (χ2v) is 6.11. The van der Waals surface area contributed by atoms with Gasteiger partial charge in [-0.2, -0.15) is 5.26 Å². The summed E-state index contributed by atoms with van der Waals surface area (Å²) in [5.74, 6) is 0.723. The van der Waals surface area contributed by atoms with Gasteiger partial charge in [0, 0.05) is 4.90 Å². The quantitative estimate of drug-likeness (QED) is 0.770. The number of rotatable bonds is 3. The molecule has 3 heteroatoms. The van der Waals surface area contributed by atoms with E-state index in [0.29, 0.717) is 0 Å². The van der Waals surface area contributed by atoms with E-state index in [1.165, 1.54) is 23.3 Å². The zero-order valence-corrected chi connectivity index (χ0v) is 12.1. The molecule has 0 N–H and O–H groups in total. The zero-order valence-electron chi connectivity index (χ0n) is 11.2. The SMILES string of the molecule is CCSc1cc(-c2ccc(F)cc2)c2c(c1C#N)CC2. The van der Waals surface area contributed by atoms with Gasteiger partial charge in [0.05, 0.1) is 5.56 Å². The summed E-state index contributed by atoms with van der Waals surface area (Å²) >= 11 is 1.70. The van der Waals surface area contributed by atoms with Crippen molar-refractivity contribution in [2.45, 2.75) is 24.7 Å². The fourth-order valence-corrected chi connectivity index (χ4v) is 3.49. The van der Waals surface area contributed by atoms with Crippen LogP contribution in [0.5, 0.6) is 0 Å². The summed E-state index contributed by atoms with van der Waals surface area (Å²) in [6.45, 7) is 2.09. The molecule has 0 amide bonds. The van der Waals surface area contributed by atoms with Crippen molar-refractivity contribution in [1.29, 1.82) is 5.26 Å². The van der Waals surface area contributed by atoms with Crippen LogP contribution in [0, 0.1) is 17.1 Å². The molecule has 0 heterocycles. The Balaban J connectivity index is 2.17. The van der Waals surface area contributed by atoms with Crippen molar-refractivity contribution in [2.24, 2.45) is 0 Å². The summed E-state index contributed by atoms with van der Waals surface area (Å²) in [5, 5.41) is 9.37. The Bertz CT molecular complexity index is 698. The van der Waals surface area contributed by atoms with Gasteiger partial charge in [0.1, 0.15) is 11.9 Å². The Morgan fingerprint density at radius 3 is 2.45 bits per heavy atom. The van der Waals surface area contributed by atoms with E-state index in [2.05, 4.69) is 19.1 Å². The minimum atomic E-state index is -0.218. The fraction of sp³-hybridized carbons (Fsp3) is 0.235. The molecule has 0 saturated carbocycles. The first kappa shape index (κ1) is 13.2. The van der Waals surface area contributed by atoms with E-state index in [4.69, 9.17) is 0 Å². The van der Waals surface area contributed by atoms with Gasteiger partial charge < -0.3 is 0 Å². The Kier molecular flexibility index (Phi) is 3.50. The molecule has 2 aromatic carbocycles. The maximum absolute atomic E-state index is 13.1. The molecule has 0 saturated heterocycles. The van der Waals surface area contributed by atoms with Crippen molar-refractivity contribution in [3.8, 4) is 17.2 Å². The number of nitrogens with zero attached hydrogens (tertiary/aromatic N) is 1. The molecule has 0 radical (unpaired) electrons. The predicted octanol–water partition coefficient (Wildman–Crippen LogP) is 4.57.